The Hall–Kier alpha value is -1.29. The molecule has 2 N–H and O–H groups in total. The van der Waals surface area contributed by atoms with Crippen molar-refractivity contribution in [2.75, 3.05) is 20.8 Å². The molecule has 0 atom stereocenters. The molecule has 1 saturated carbocycles. The van der Waals surface area contributed by atoms with Gasteiger partial charge in [0.05, 0.1) is 14.2 Å². The second-order valence-corrected chi connectivity index (χ2v) is 4.17. The van der Waals surface area contributed by atoms with Crippen molar-refractivity contribution in [1.29, 1.82) is 0 Å². The first-order valence-corrected chi connectivity index (χ1v) is 5.29. The summed E-state index contributed by atoms with van der Waals surface area (Å²) in [7, 11) is 3.06. The topological polar surface area (TPSA) is 44.5 Å². The van der Waals surface area contributed by atoms with E-state index in [1.165, 1.54) is 26.4 Å². The Bertz CT molecular complexity index is 377. The van der Waals surface area contributed by atoms with Crippen molar-refractivity contribution >= 4 is 0 Å². The summed E-state index contributed by atoms with van der Waals surface area (Å²) in [5.74, 6) is 0.699. The molecular formula is C12H16FNO2. The smallest absolute Gasteiger partial charge is 0.130 e. The van der Waals surface area contributed by atoms with Crippen molar-refractivity contribution in [2.45, 2.75) is 18.3 Å². The number of hydrogen-bond acceptors (Lipinski definition) is 3. The lowest BCUT2D eigenvalue weighted by Crippen LogP contribution is -2.21. The van der Waals surface area contributed by atoms with Crippen molar-refractivity contribution in [2.24, 2.45) is 5.73 Å². The number of methoxy groups -OCH3 is 2. The van der Waals surface area contributed by atoms with Gasteiger partial charge in [-0.15, -0.1) is 0 Å². The zero-order chi connectivity index (χ0) is 11.8. The van der Waals surface area contributed by atoms with Gasteiger partial charge in [-0.25, -0.2) is 4.39 Å². The molecule has 4 heteroatoms. The van der Waals surface area contributed by atoms with Gasteiger partial charge in [-0.3, -0.25) is 0 Å². The Labute approximate surface area is 94.3 Å². The maximum absolute atomic E-state index is 13.3. The summed E-state index contributed by atoms with van der Waals surface area (Å²) in [6.45, 7) is 0.533. The summed E-state index contributed by atoms with van der Waals surface area (Å²) >= 11 is 0. The van der Waals surface area contributed by atoms with E-state index >= 15 is 0 Å². The van der Waals surface area contributed by atoms with Crippen LogP contribution in [0.15, 0.2) is 12.1 Å². The van der Waals surface area contributed by atoms with Crippen LogP contribution >= 0.6 is 0 Å². The molecule has 3 nitrogen and oxygen atoms in total. The van der Waals surface area contributed by atoms with Gasteiger partial charge in [0.15, 0.2) is 0 Å². The van der Waals surface area contributed by atoms with Gasteiger partial charge in [-0.05, 0) is 12.8 Å². The molecule has 0 unspecified atom stereocenters. The lowest BCUT2D eigenvalue weighted by atomic mass is 9.94. The van der Waals surface area contributed by atoms with E-state index in [4.69, 9.17) is 15.2 Å². The van der Waals surface area contributed by atoms with Gasteiger partial charge in [-0.2, -0.15) is 0 Å². The summed E-state index contributed by atoms with van der Waals surface area (Å²) in [6, 6.07) is 2.77. The average Bonchev–Trinajstić information content (AvgIpc) is 3.08. The standard InChI is InChI=1S/C12H16FNO2/c1-15-9-5-8(13)6-10(16-2)11(9)12(7-14)3-4-12/h5-6H,3-4,7,14H2,1-2H3. The van der Waals surface area contributed by atoms with Crippen LogP contribution in [-0.2, 0) is 5.41 Å². The number of nitrogens with two attached hydrogens (primary N) is 1. The van der Waals surface area contributed by atoms with Crippen molar-refractivity contribution < 1.29 is 13.9 Å². The Kier molecular flexibility index (Phi) is 2.76. The second-order valence-electron chi connectivity index (χ2n) is 4.17. The van der Waals surface area contributed by atoms with Crippen LogP contribution in [0.4, 0.5) is 4.39 Å². The SMILES string of the molecule is COc1cc(F)cc(OC)c1C1(CN)CC1. The average molecular weight is 225 g/mol. The van der Waals surface area contributed by atoms with Gasteiger partial charge < -0.3 is 15.2 Å². The molecule has 16 heavy (non-hydrogen) atoms. The molecule has 0 aliphatic heterocycles. The molecule has 0 saturated heterocycles. The fourth-order valence-corrected chi connectivity index (χ4v) is 2.11. The summed E-state index contributed by atoms with van der Waals surface area (Å²) < 4.78 is 23.7. The molecule has 2 rings (SSSR count). The minimum Gasteiger partial charge on any atom is -0.496 e. The van der Waals surface area contributed by atoms with Crippen LogP contribution in [0.5, 0.6) is 11.5 Å². The minimum absolute atomic E-state index is 0.0790. The fraction of sp³-hybridized carbons (Fsp3) is 0.500. The lowest BCUT2D eigenvalue weighted by Gasteiger charge is -2.20. The number of rotatable bonds is 4. The van der Waals surface area contributed by atoms with Crippen LogP contribution in [0.3, 0.4) is 0 Å². The van der Waals surface area contributed by atoms with Gasteiger partial charge in [-0.1, -0.05) is 0 Å². The van der Waals surface area contributed by atoms with E-state index in [0.29, 0.717) is 18.0 Å². The summed E-state index contributed by atoms with van der Waals surface area (Å²) in [6.07, 6.45) is 2.00. The highest BCUT2D eigenvalue weighted by Crippen LogP contribution is 2.54. The molecule has 1 aromatic rings. The number of ether oxygens (including phenoxy) is 2. The van der Waals surface area contributed by atoms with E-state index in [-0.39, 0.29) is 11.2 Å². The molecular weight excluding hydrogens is 209 g/mol. The number of halogens is 1. The Morgan fingerprint density at radius 3 is 2.06 bits per heavy atom. The van der Waals surface area contributed by atoms with Gasteiger partial charge >= 0.3 is 0 Å². The Morgan fingerprint density at radius 2 is 1.75 bits per heavy atom. The highest BCUT2D eigenvalue weighted by atomic mass is 19.1. The van der Waals surface area contributed by atoms with Crippen LogP contribution in [-0.4, -0.2) is 20.8 Å². The van der Waals surface area contributed by atoms with Gasteiger partial charge in [0.2, 0.25) is 0 Å². The van der Waals surface area contributed by atoms with Crippen molar-refractivity contribution in [3.8, 4) is 11.5 Å². The van der Waals surface area contributed by atoms with Gasteiger partial charge in [0, 0.05) is 29.7 Å². The second kappa shape index (κ2) is 3.94. The molecule has 1 aliphatic rings. The van der Waals surface area contributed by atoms with Crippen LogP contribution in [0.25, 0.3) is 0 Å². The molecule has 88 valence electrons. The maximum Gasteiger partial charge on any atom is 0.130 e. The summed E-state index contributed by atoms with van der Waals surface area (Å²) in [5, 5.41) is 0. The molecule has 1 aromatic carbocycles. The Morgan fingerprint density at radius 1 is 1.25 bits per heavy atom. The van der Waals surface area contributed by atoms with E-state index in [1.54, 1.807) is 0 Å². The molecule has 0 aromatic heterocycles. The van der Waals surface area contributed by atoms with Crippen molar-refractivity contribution in [1.82, 2.24) is 0 Å². The van der Waals surface area contributed by atoms with E-state index in [9.17, 15) is 4.39 Å². The quantitative estimate of drug-likeness (QED) is 0.850. The largest absolute Gasteiger partial charge is 0.496 e. The highest BCUT2D eigenvalue weighted by Gasteiger charge is 2.47. The first-order chi connectivity index (χ1) is 7.66. The Balaban J connectivity index is 2.56. The van der Waals surface area contributed by atoms with E-state index in [2.05, 4.69) is 0 Å². The summed E-state index contributed by atoms with van der Waals surface area (Å²) in [4.78, 5) is 0. The zero-order valence-electron chi connectivity index (χ0n) is 9.55. The minimum atomic E-state index is -0.356. The van der Waals surface area contributed by atoms with Crippen LogP contribution in [0, 0.1) is 5.82 Å². The predicted molar refractivity (Wildman–Crippen MR) is 59.5 cm³/mol. The molecule has 1 fully saturated rings. The van der Waals surface area contributed by atoms with E-state index in [1.807, 2.05) is 0 Å². The fourth-order valence-electron chi connectivity index (χ4n) is 2.11. The number of benzene rings is 1. The normalized spacial score (nSPS) is 17.0. The first-order valence-electron chi connectivity index (χ1n) is 5.29. The van der Waals surface area contributed by atoms with Crippen LogP contribution < -0.4 is 15.2 Å². The molecule has 0 radical (unpaired) electrons. The third-order valence-corrected chi connectivity index (χ3v) is 3.25. The molecule has 0 spiro atoms. The molecule has 0 amide bonds. The van der Waals surface area contributed by atoms with Crippen molar-refractivity contribution in [3.63, 3.8) is 0 Å². The van der Waals surface area contributed by atoms with Gasteiger partial charge in [0.1, 0.15) is 17.3 Å². The van der Waals surface area contributed by atoms with Crippen LogP contribution in [0.1, 0.15) is 18.4 Å². The zero-order valence-corrected chi connectivity index (χ0v) is 9.55. The van der Waals surface area contributed by atoms with Crippen molar-refractivity contribution in [3.05, 3.63) is 23.5 Å². The maximum atomic E-state index is 13.3. The van der Waals surface area contributed by atoms with E-state index < -0.39 is 0 Å². The number of hydrogen-bond donors (Lipinski definition) is 1. The predicted octanol–water partition coefficient (Wildman–Crippen LogP) is 1.83. The summed E-state index contributed by atoms with van der Waals surface area (Å²) in [5.41, 5.74) is 6.61. The molecule has 0 bridgehead atoms. The monoisotopic (exact) mass is 225 g/mol. The van der Waals surface area contributed by atoms with Crippen LogP contribution in [0.2, 0.25) is 0 Å². The third kappa shape index (κ3) is 1.63. The molecule has 1 aliphatic carbocycles. The highest BCUT2D eigenvalue weighted by molar-refractivity contribution is 5.53. The first kappa shape index (κ1) is 11.2. The van der Waals surface area contributed by atoms with E-state index in [0.717, 1.165) is 18.4 Å². The third-order valence-electron chi connectivity index (χ3n) is 3.25. The van der Waals surface area contributed by atoms with Gasteiger partial charge in [0.25, 0.3) is 0 Å². The molecule has 0 heterocycles. The lowest BCUT2D eigenvalue weighted by molar-refractivity contribution is 0.371.